The second kappa shape index (κ2) is 18.6. The highest BCUT2D eigenvalue weighted by atomic mass is 16.4. The number of carbonyl (C=O) groups is 2. The molecule has 0 heterocycles. The summed E-state index contributed by atoms with van der Waals surface area (Å²) in [7, 11) is 1.00. The third-order valence-corrected chi connectivity index (χ3v) is 1.58. The van der Waals surface area contributed by atoms with Crippen molar-refractivity contribution in [3.05, 3.63) is 0 Å². The van der Waals surface area contributed by atoms with Crippen LogP contribution in [0.4, 0.5) is 0 Å². The molecule has 0 aliphatic heterocycles. The molecule has 1 unspecified atom stereocenters. The molecular formula is C9H21NO5. The Kier molecular flexibility index (Phi) is 24.1. The van der Waals surface area contributed by atoms with Crippen LogP contribution in [0.3, 0.4) is 0 Å². The number of aliphatic hydroxyl groups is 2. The van der Waals surface area contributed by atoms with E-state index in [0.29, 0.717) is 6.42 Å². The van der Waals surface area contributed by atoms with E-state index in [2.05, 4.69) is 5.73 Å². The molecule has 0 aliphatic rings. The zero-order valence-electron chi connectivity index (χ0n) is 9.22. The normalized spacial score (nSPS) is 9.87. The zero-order chi connectivity index (χ0) is 12.7. The molecule has 92 valence electrons. The number of hydrogen-bond donors (Lipinski definition) is 4. The van der Waals surface area contributed by atoms with Crippen LogP contribution < -0.4 is 5.73 Å². The second-order valence-electron chi connectivity index (χ2n) is 2.52. The van der Waals surface area contributed by atoms with Gasteiger partial charge in [-0.1, -0.05) is 13.3 Å². The Hall–Kier alpha value is -1.14. The van der Waals surface area contributed by atoms with Crippen molar-refractivity contribution in [3.8, 4) is 0 Å². The monoisotopic (exact) mass is 223 g/mol. The van der Waals surface area contributed by atoms with Crippen LogP contribution in [-0.4, -0.2) is 41.4 Å². The number of aliphatic carboxylic acids is 1. The summed E-state index contributed by atoms with van der Waals surface area (Å²) in [4.78, 5) is 18.7. The second-order valence-corrected chi connectivity index (χ2v) is 2.52. The molecule has 0 saturated heterocycles. The van der Waals surface area contributed by atoms with Crippen molar-refractivity contribution in [3.63, 3.8) is 0 Å². The molecule has 0 aliphatic carbocycles. The fourth-order valence-electron chi connectivity index (χ4n) is 0.880. The first-order valence-corrected chi connectivity index (χ1v) is 4.55. The number of aliphatic hydroxyl groups excluding tert-OH is 2. The molecule has 0 saturated carbocycles. The molecule has 0 fully saturated rings. The first-order valence-electron chi connectivity index (χ1n) is 4.55. The minimum atomic E-state index is -0.777. The van der Waals surface area contributed by atoms with Crippen molar-refractivity contribution in [2.75, 3.05) is 13.7 Å². The van der Waals surface area contributed by atoms with Crippen molar-refractivity contribution in [2.45, 2.75) is 26.2 Å². The Morgan fingerprint density at radius 3 is 2.07 bits per heavy atom. The number of carboxylic acid groups (broad SMARTS) is 1. The molecule has 5 N–H and O–H groups in total. The summed E-state index contributed by atoms with van der Waals surface area (Å²) in [6.45, 7) is 2.02. The van der Waals surface area contributed by atoms with Crippen LogP contribution >= 0.6 is 0 Å². The topological polar surface area (TPSA) is 121 Å². The molecule has 0 aromatic rings. The standard InChI is InChI=1S/C7H14O3.CH3NO.CH4O/c1-2-6(3-4-8)5-7(9)10;2-1-3;1-2/h6,8H,2-5H2,1H3,(H,9,10);1H,(H2,2,3);2H,1H3. The number of carbonyl (C=O) groups excluding carboxylic acids is 1. The van der Waals surface area contributed by atoms with Gasteiger partial charge in [0.15, 0.2) is 0 Å². The Morgan fingerprint density at radius 1 is 1.47 bits per heavy atom. The van der Waals surface area contributed by atoms with Gasteiger partial charge < -0.3 is 21.1 Å². The van der Waals surface area contributed by atoms with Crippen molar-refractivity contribution in [1.29, 1.82) is 0 Å². The lowest BCUT2D eigenvalue weighted by Crippen LogP contribution is -2.08. The van der Waals surface area contributed by atoms with Gasteiger partial charge in [-0.25, -0.2) is 0 Å². The fraction of sp³-hybridized carbons (Fsp3) is 0.778. The number of carboxylic acids is 1. The summed E-state index contributed by atoms with van der Waals surface area (Å²) < 4.78 is 0. The summed E-state index contributed by atoms with van der Waals surface area (Å²) >= 11 is 0. The highest BCUT2D eigenvalue weighted by Gasteiger charge is 2.09. The maximum atomic E-state index is 10.2. The molecule has 15 heavy (non-hydrogen) atoms. The Morgan fingerprint density at radius 2 is 1.87 bits per heavy atom. The van der Waals surface area contributed by atoms with E-state index in [0.717, 1.165) is 13.5 Å². The summed E-state index contributed by atoms with van der Waals surface area (Å²) in [6, 6.07) is 0. The highest BCUT2D eigenvalue weighted by molar-refractivity contribution is 5.66. The van der Waals surface area contributed by atoms with E-state index in [-0.39, 0.29) is 25.4 Å². The Balaban J connectivity index is -0.000000245. The van der Waals surface area contributed by atoms with Gasteiger partial charge in [-0.2, -0.15) is 0 Å². The van der Waals surface area contributed by atoms with E-state index >= 15 is 0 Å². The zero-order valence-corrected chi connectivity index (χ0v) is 9.22. The van der Waals surface area contributed by atoms with E-state index < -0.39 is 5.97 Å². The van der Waals surface area contributed by atoms with Gasteiger partial charge in [-0.15, -0.1) is 0 Å². The Labute approximate surface area is 89.7 Å². The molecule has 1 amide bonds. The number of rotatable bonds is 5. The van der Waals surface area contributed by atoms with Crippen molar-refractivity contribution in [1.82, 2.24) is 0 Å². The third-order valence-electron chi connectivity index (χ3n) is 1.58. The fourth-order valence-corrected chi connectivity index (χ4v) is 0.880. The van der Waals surface area contributed by atoms with E-state index in [1.54, 1.807) is 0 Å². The minimum Gasteiger partial charge on any atom is -0.481 e. The van der Waals surface area contributed by atoms with Gasteiger partial charge in [0, 0.05) is 20.1 Å². The highest BCUT2D eigenvalue weighted by Crippen LogP contribution is 2.11. The quantitative estimate of drug-likeness (QED) is 0.472. The maximum Gasteiger partial charge on any atom is 0.303 e. The van der Waals surface area contributed by atoms with Gasteiger partial charge in [-0.05, 0) is 12.3 Å². The molecular weight excluding hydrogens is 202 g/mol. The van der Waals surface area contributed by atoms with Gasteiger partial charge in [0.25, 0.3) is 0 Å². The van der Waals surface area contributed by atoms with Crippen LogP contribution in [0.25, 0.3) is 0 Å². The largest absolute Gasteiger partial charge is 0.481 e. The molecule has 0 aromatic heterocycles. The van der Waals surface area contributed by atoms with E-state index in [1.165, 1.54) is 0 Å². The van der Waals surface area contributed by atoms with Crippen LogP contribution in [0.1, 0.15) is 26.2 Å². The molecule has 6 nitrogen and oxygen atoms in total. The third kappa shape index (κ3) is 24.6. The minimum absolute atomic E-state index is 0.0891. The first kappa shape index (κ1) is 19.4. The van der Waals surface area contributed by atoms with Gasteiger partial charge in [-0.3, -0.25) is 9.59 Å². The molecule has 0 bridgehead atoms. The number of nitrogens with two attached hydrogens (primary N) is 1. The van der Waals surface area contributed by atoms with Crippen LogP contribution in [0.5, 0.6) is 0 Å². The van der Waals surface area contributed by atoms with Crippen LogP contribution in [0.15, 0.2) is 0 Å². The van der Waals surface area contributed by atoms with Crippen molar-refractivity contribution < 1.29 is 24.9 Å². The van der Waals surface area contributed by atoms with Crippen molar-refractivity contribution >= 4 is 12.4 Å². The number of amides is 1. The summed E-state index contributed by atoms with van der Waals surface area (Å²) in [5, 5.41) is 23.8. The lowest BCUT2D eigenvalue weighted by Gasteiger charge is -2.08. The van der Waals surface area contributed by atoms with Gasteiger partial charge in [0.05, 0.1) is 0 Å². The van der Waals surface area contributed by atoms with E-state index in [4.69, 9.17) is 20.1 Å². The average molecular weight is 223 g/mol. The molecule has 1 atom stereocenters. The lowest BCUT2D eigenvalue weighted by molar-refractivity contribution is -0.138. The first-order chi connectivity index (χ1) is 7.12. The van der Waals surface area contributed by atoms with Crippen molar-refractivity contribution in [2.24, 2.45) is 11.7 Å². The summed E-state index contributed by atoms with van der Waals surface area (Å²) in [5.74, 6) is -0.636. The Bertz CT molecular complexity index is 140. The molecule has 0 rings (SSSR count). The van der Waals surface area contributed by atoms with Gasteiger partial charge >= 0.3 is 5.97 Å². The van der Waals surface area contributed by atoms with E-state index in [1.807, 2.05) is 6.92 Å². The molecule has 0 spiro atoms. The number of hydrogen-bond acceptors (Lipinski definition) is 4. The summed E-state index contributed by atoms with van der Waals surface area (Å²) in [6.07, 6.45) is 1.85. The van der Waals surface area contributed by atoms with Gasteiger partial charge in [0.2, 0.25) is 6.41 Å². The predicted octanol–water partition coefficient (Wildman–Crippen LogP) is -0.420. The average Bonchev–Trinajstić information content (AvgIpc) is 2.21. The predicted molar refractivity (Wildman–Crippen MR) is 56.1 cm³/mol. The molecule has 0 radical (unpaired) electrons. The van der Waals surface area contributed by atoms with E-state index in [9.17, 15) is 4.79 Å². The van der Waals surface area contributed by atoms with Crippen LogP contribution in [0.2, 0.25) is 0 Å². The SMILES string of the molecule is CCC(CCO)CC(=O)O.CO.NC=O. The summed E-state index contributed by atoms with van der Waals surface area (Å²) in [5.41, 5.74) is 4.17. The lowest BCUT2D eigenvalue weighted by atomic mass is 9.99. The maximum absolute atomic E-state index is 10.2. The van der Waals surface area contributed by atoms with Gasteiger partial charge in [0.1, 0.15) is 0 Å². The smallest absolute Gasteiger partial charge is 0.303 e. The van der Waals surface area contributed by atoms with Crippen LogP contribution in [0, 0.1) is 5.92 Å². The van der Waals surface area contributed by atoms with Crippen LogP contribution in [-0.2, 0) is 9.59 Å². The molecule has 0 aromatic carbocycles. The number of primary amides is 1. The molecule has 6 heteroatoms.